The van der Waals surface area contributed by atoms with Crippen LogP contribution < -0.4 is 0 Å². The summed E-state index contributed by atoms with van der Waals surface area (Å²) in [5, 5.41) is 10.6. The van der Waals surface area contributed by atoms with E-state index in [1.165, 1.54) is 0 Å². The number of carbonyl (C=O) groups excluding carboxylic acids is 2. The molecular weight excluding hydrogens is 344 g/mol. The van der Waals surface area contributed by atoms with Gasteiger partial charge in [0.1, 0.15) is 12.7 Å². The van der Waals surface area contributed by atoms with Gasteiger partial charge in [0, 0.05) is 42.3 Å². The molecule has 6 nitrogen and oxygen atoms in total. The number of nitrogens with zero attached hydrogens (tertiary/aromatic N) is 2. The Morgan fingerprint density at radius 3 is 2.96 bits per heavy atom. The van der Waals surface area contributed by atoms with Crippen molar-refractivity contribution in [3.63, 3.8) is 0 Å². The molecule has 0 unspecified atom stereocenters. The Morgan fingerprint density at radius 1 is 1.33 bits per heavy atom. The molecule has 140 valence electrons. The van der Waals surface area contributed by atoms with Crippen LogP contribution in [-0.4, -0.2) is 52.2 Å². The van der Waals surface area contributed by atoms with Crippen LogP contribution in [0.5, 0.6) is 0 Å². The molecule has 5 heterocycles. The van der Waals surface area contributed by atoms with Gasteiger partial charge in [0.15, 0.2) is 0 Å². The largest absolute Gasteiger partial charge is 0.498 e. The number of ether oxygens (including phenoxy) is 1. The van der Waals surface area contributed by atoms with Crippen LogP contribution in [0.4, 0.5) is 0 Å². The average molecular weight is 366 g/mol. The van der Waals surface area contributed by atoms with Gasteiger partial charge in [-0.05, 0) is 25.0 Å². The van der Waals surface area contributed by atoms with Gasteiger partial charge in [0.05, 0.1) is 17.5 Å². The number of aliphatic hydroxyl groups is 1. The zero-order chi connectivity index (χ0) is 18.7. The van der Waals surface area contributed by atoms with Gasteiger partial charge in [-0.3, -0.25) is 14.2 Å². The summed E-state index contributed by atoms with van der Waals surface area (Å²) < 4.78 is 7.59. The molecule has 1 fully saturated rings. The summed E-state index contributed by atoms with van der Waals surface area (Å²) in [6.07, 6.45) is 2.90. The van der Waals surface area contributed by atoms with Crippen molar-refractivity contribution in [3.8, 4) is 0 Å². The number of aromatic nitrogens is 1. The summed E-state index contributed by atoms with van der Waals surface area (Å²) in [4.78, 5) is 27.3. The third-order valence-electron chi connectivity index (χ3n) is 6.38. The molecule has 2 aromatic rings. The smallest absolute Gasteiger partial charge is 0.257 e. The second-order valence-corrected chi connectivity index (χ2v) is 7.71. The third kappa shape index (κ3) is 2.29. The van der Waals surface area contributed by atoms with Crippen LogP contribution in [0.1, 0.15) is 29.4 Å². The van der Waals surface area contributed by atoms with Crippen LogP contribution in [0, 0.1) is 11.8 Å². The molecule has 1 N–H and O–H groups in total. The number of rotatable bonds is 1. The molecule has 0 saturated carbocycles. The predicted octanol–water partition coefficient (Wildman–Crippen LogP) is 2.05. The maximum absolute atomic E-state index is 12.7. The van der Waals surface area contributed by atoms with Crippen LogP contribution >= 0.6 is 0 Å². The van der Waals surface area contributed by atoms with Crippen LogP contribution in [0.2, 0.25) is 0 Å². The van der Waals surface area contributed by atoms with Crippen molar-refractivity contribution in [2.24, 2.45) is 11.8 Å². The summed E-state index contributed by atoms with van der Waals surface area (Å²) in [5.74, 6) is 0.0583. The van der Waals surface area contributed by atoms with Crippen molar-refractivity contribution in [2.75, 3.05) is 19.7 Å². The third-order valence-corrected chi connectivity index (χ3v) is 6.38. The Morgan fingerprint density at radius 2 is 2.15 bits per heavy atom. The van der Waals surface area contributed by atoms with Crippen LogP contribution in [-0.2, 0) is 16.0 Å². The summed E-state index contributed by atoms with van der Waals surface area (Å²) in [7, 11) is 0. The van der Waals surface area contributed by atoms with E-state index in [1.807, 2.05) is 36.1 Å². The standard InChI is InChI=1S/C21H22N2O4/c1-12-16-9-22-7-6-14-13-4-2-3-5-18(13)23(20(26)10-24)21(14)17(11-27-12)15(16)8-19(22)25/h2-5,11-12,15-16,24H,6-10H2,1H3/t12-,15-,16+/m1/s1. The molecule has 0 spiro atoms. The number of benzene rings is 1. The van der Waals surface area contributed by atoms with Crippen molar-refractivity contribution in [1.82, 2.24) is 9.47 Å². The molecular formula is C21H22N2O4. The molecule has 1 aromatic carbocycles. The van der Waals surface area contributed by atoms with Gasteiger partial charge in [0.2, 0.25) is 5.91 Å². The molecule has 6 rings (SSSR count). The lowest BCUT2D eigenvalue weighted by molar-refractivity contribution is -0.138. The number of fused-ring (bicyclic) bond motifs is 3. The summed E-state index contributed by atoms with van der Waals surface area (Å²) in [5.41, 5.74) is 3.59. The Hall–Kier alpha value is -2.60. The topological polar surface area (TPSA) is 71.8 Å². The van der Waals surface area contributed by atoms with Crippen molar-refractivity contribution < 1.29 is 19.4 Å². The molecule has 6 heteroatoms. The first-order valence-corrected chi connectivity index (χ1v) is 9.50. The highest BCUT2D eigenvalue weighted by Crippen LogP contribution is 2.46. The van der Waals surface area contributed by atoms with E-state index in [4.69, 9.17) is 4.74 Å². The zero-order valence-electron chi connectivity index (χ0n) is 15.2. The monoisotopic (exact) mass is 366 g/mol. The van der Waals surface area contributed by atoms with E-state index in [9.17, 15) is 14.7 Å². The van der Waals surface area contributed by atoms with Crippen molar-refractivity contribution in [2.45, 2.75) is 25.9 Å². The molecule has 3 atom stereocenters. The molecule has 0 aliphatic carbocycles. The zero-order valence-corrected chi connectivity index (χ0v) is 15.2. The average Bonchev–Trinajstić information content (AvgIpc) is 3.03. The van der Waals surface area contributed by atoms with E-state index in [-0.39, 0.29) is 29.8 Å². The molecule has 1 aromatic heterocycles. The number of aliphatic hydroxyl groups excluding tert-OH is 1. The lowest BCUT2D eigenvalue weighted by atomic mass is 9.75. The Bertz CT molecular complexity index is 989. The SMILES string of the molecule is C[C@H]1OC=C2c3c(c4ccccc4n3C(=O)CO)CCN3C[C@@H]1[C@H]2CC3=O. The van der Waals surface area contributed by atoms with Gasteiger partial charge in [-0.1, -0.05) is 18.2 Å². The van der Waals surface area contributed by atoms with E-state index >= 15 is 0 Å². The summed E-state index contributed by atoms with van der Waals surface area (Å²) in [6.45, 7) is 2.81. The molecule has 1 amide bonds. The van der Waals surface area contributed by atoms with E-state index in [0.717, 1.165) is 27.7 Å². The number of para-hydroxylation sites is 1. The summed E-state index contributed by atoms with van der Waals surface area (Å²) in [6, 6.07) is 7.78. The van der Waals surface area contributed by atoms with E-state index in [0.29, 0.717) is 25.9 Å². The molecule has 27 heavy (non-hydrogen) atoms. The van der Waals surface area contributed by atoms with Crippen LogP contribution in [0.15, 0.2) is 30.5 Å². The van der Waals surface area contributed by atoms with Crippen molar-refractivity contribution in [3.05, 3.63) is 41.8 Å². The number of amides is 1. The molecule has 4 bridgehead atoms. The molecule has 1 saturated heterocycles. The molecule has 4 aliphatic heterocycles. The predicted molar refractivity (Wildman–Crippen MR) is 100 cm³/mol. The van der Waals surface area contributed by atoms with Crippen molar-refractivity contribution >= 4 is 28.3 Å². The second-order valence-electron chi connectivity index (χ2n) is 7.71. The van der Waals surface area contributed by atoms with E-state index in [1.54, 1.807) is 10.8 Å². The van der Waals surface area contributed by atoms with Gasteiger partial charge in [-0.25, -0.2) is 0 Å². The lowest BCUT2D eigenvalue weighted by Crippen LogP contribution is -2.49. The van der Waals surface area contributed by atoms with Gasteiger partial charge in [0.25, 0.3) is 5.91 Å². The molecule has 4 aliphatic rings. The highest BCUT2D eigenvalue weighted by Gasteiger charge is 2.45. The first-order chi connectivity index (χ1) is 13.1. The van der Waals surface area contributed by atoms with E-state index < -0.39 is 6.61 Å². The van der Waals surface area contributed by atoms with Gasteiger partial charge in [-0.2, -0.15) is 0 Å². The summed E-state index contributed by atoms with van der Waals surface area (Å²) >= 11 is 0. The quantitative estimate of drug-likeness (QED) is 0.839. The normalized spacial score (nSPS) is 26.7. The van der Waals surface area contributed by atoms with Gasteiger partial charge >= 0.3 is 0 Å². The fourth-order valence-corrected chi connectivity index (χ4v) is 5.02. The Kier molecular flexibility index (Phi) is 3.65. The first-order valence-electron chi connectivity index (χ1n) is 9.50. The maximum atomic E-state index is 12.7. The Balaban J connectivity index is 1.83. The fraction of sp³-hybridized carbons (Fsp3) is 0.429. The minimum Gasteiger partial charge on any atom is -0.498 e. The lowest BCUT2D eigenvalue weighted by Gasteiger charge is -2.43. The highest BCUT2D eigenvalue weighted by molar-refractivity contribution is 6.01. The highest BCUT2D eigenvalue weighted by atomic mass is 16.5. The minimum absolute atomic E-state index is 0.0299. The fourth-order valence-electron chi connectivity index (χ4n) is 5.02. The number of hydrogen-bond donors (Lipinski definition) is 1. The minimum atomic E-state index is -0.561. The number of hydrogen-bond acceptors (Lipinski definition) is 4. The first kappa shape index (κ1) is 16.6. The molecule has 0 radical (unpaired) electrons. The van der Waals surface area contributed by atoms with Gasteiger partial charge < -0.3 is 14.7 Å². The second kappa shape index (κ2) is 5.96. The number of carbonyl (C=O) groups is 2. The van der Waals surface area contributed by atoms with Crippen LogP contribution in [0.25, 0.3) is 16.5 Å². The van der Waals surface area contributed by atoms with Gasteiger partial charge in [-0.15, -0.1) is 0 Å². The van der Waals surface area contributed by atoms with Crippen molar-refractivity contribution in [1.29, 1.82) is 0 Å². The number of piperidine rings is 1. The maximum Gasteiger partial charge on any atom is 0.257 e. The Labute approximate surface area is 157 Å². The number of allylic oxidation sites excluding steroid dienone is 1. The van der Waals surface area contributed by atoms with Crippen LogP contribution in [0.3, 0.4) is 0 Å². The van der Waals surface area contributed by atoms with E-state index in [2.05, 4.69) is 0 Å².